The first-order valence-corrected chi connectivity index (χ1v) is 10.1. The van der Waals surface area contributed by atoms with Crippen LogP contribution in [0.1, 0.15) is 24.0 Å². The predicted molar refractivity (Wildman–Crippen MR) is 116 cm³/mol. The van der Waals surface area contributed by atoms with Gasteiger partial charge in [0.1, 0.15) is 0 Å². The first-order chi connectivity index (χ1) is 15.3. The number of rotatable bonds is 8. The van der Waals surface area contributed by atoms with E-state index >= 15 is 0 Å². The van der Waals surface area contributed by atoms with E-state index in [0.717, 1.165) is 12.8 Å². The van der Waals surface area contributed by atoms with Gasteiger partial charge in [0.2, 0.25) is 0 Å². The van der Waals surface area contributed by atoms with Gasteiger partial charge in [-0.25, -0.2) is 9.59 Å². The number of phenolic OH excluding ortho intramolecular Hbond substituents is 4. The van der Waals surface area contributed by atoms with E-state index in [-0.39, 0.29) is 48.0 Å². The Kier molecular flexibility index (Phi) is 7.38. The van der Waals surface area contributed by atoms with Crippen molar-refractivity contribution in [2.75, 3.05) is 13.2 Å². The lowest BCUT2D eigenvalue weighted by Crippen LogP contribution is -2.34. The van der Waals surface area contributed by atoms with Crippen LogP contribution in [0.5, 0.6) is 23.0 Å². The Labute approximate surface area is 184 Å². The lowest BCUT2D eigenvalue weighted by atomic mass is 9.74. The van der Waals surface area contributed by atoms with Gasteiger partial charge in [-0.15, -0.1) is 0 Å². The van der Waals surface area contributed by atoms with E-state index in [1.807, 2.05) is 0 Å². The van der Waals surface area contributed by atoms with E-state index in [0.29, 0.717) is 11.1 Å². The lowest BCUT2D eigenvalue weighted by molar-refractivity contribution is -0.146. The molecule has 2 aromatic rings. The first kappa shape index (κ1) is 22.7. The molecule has 0 heterocycles. The minimum atomic E-state index is -0.528. The molecule has 1 saturated carbocycles. The summed E-state index contributed by atoms with van der Waals surface area (Å²) in [5.74, 6) is -1.87. The lowest BCUT2D eigenvalue weighted by Gasteiger charge is -2.35. The molecule has 168 valence electrons. The number of phenols is 4. The topological polar surface area (TPSA) is 134 Å². The summed E-state index contributed by atoms with van der Waals surface area (Å²) < 4.78 is 10.5. The highest BCUT2D eigenvalue weighted by Crippen LogP contribution is 2.34. The summed E-state index contributed by atoms with van der Waals surface area (Å²) in [5.41, 5.74) is 1.09. The third-order valence-corrected chi connectivity index (χ3v) is 5.28. The molecule has 4 N–H and O–H groups in total. The van der Waals surface area contributed by atoms with E-state index in [1.165, 1.54) is 48.6 Å². The summed E-state index contributed by atoms with van der Waals surface area (Å²) in [7, 11) is 0. The van der Waals surface area contributed by atoms with Crippen molar-refractivity contribution in [1.82, 2.24) is 0 Å². The van der Waals surface area contributed by atoms with Crippen LogP contribution in [0.3, 0.4) is 0 Å². The van der Waals surface area contributed by atoms with Crippen molar-refractivity contribution in [2.45, 2.75) is 12.8 Å². The minimum Gasteiger partial charge on any atom is -0.504 e. The maximum Gasteiger partial charge on any atom is 0.330 e. The van der Waals surface area contributed by atoms with Crippen LogP contribution in [-0.2, 0) is 19.1 Å². The molecule has 0 aliphatic heterocycles. The van der Waals surface area contributed by atoms with Crippen molar-refractivity contribution in [3.63, 3.8) is 0 Å². The monoisotopic (exact) mass is 440 g/mol. The Morgan fingerprint density at radius 1 is 0.719 bits per heavy atom. The molecular weight excluding hydrogens is 416 g/mol. The zero-order valence-electron chi connectivity index (χ0n) is 17.2. The Morgan fingerprint density at radius 3 is 1.47 bits per heavy atom. The molecule has 32 heavy (non-hydrogen) atoms. The maximum absolute atomic E-state index is 11.9. The molecule has 2 aromatic carbocycles. The number of aromatic hydroxyl groups is 4. The van der Waals surface area contributed by atoms with E-state index < -0.39 is 11.9 Å². The SMILES string of the molecule is O=C(/C=C/c1ccc(O)c(O)c1)OC[C@H]1CC[C@H]1COC(=O)/C=C/c1ccc(O)c(O)c1. The molecule has 0 amide bonds. The van der Waals surface area contributed by atoms with Crippen LogP contribution in [0.25, 0.3) is 12.2 Å². The summed E-state index contributed by atoms with van der Waals surface area (Å²) in [4.78, 5) is 23.8. The van der Waals surface area contributed by atoms with Gasteiger partial charge in [-0.3, -0.25) is 0 Å². The van der Waals surface area contributed by atoms with Gasteiger partial charge in [0, 0.05) is 12.2 Å². The summed E-state index contributed by atoms with van der Waals surface area (Å²) in [6.07, 6.45) is 7.17. The zero-order valence-corrected chi connectivity index (χ0v) is 17.2. The van der Waals surface area contributed by atoms with Crippen LogP contribution in [0, 0.1) is 11.8 Å². The summed E-state index contributed by atoms with van der Waals surface area (Å²) in [6.45, 7) is 0.434. The van der Waals surface area contributed by atoms with Crippen molar-refractivity contribution < 1.29 is 39.5 Å². The number of ether oxygens (including phenoxy) is 2. The number of esters is 2. The largest absolute Gasteiger partial charge is 0.504 e. The predicted octanol–water partition coefficient (Wildman–Crippen LogP) is 3.35. The smallest absolute Gasteiger partial charge is 0.330 e. The third kappa shape index (κ3) is 6.28. The van der Waals surface area contributed by atoms with Gasteiger partial charge >= 0.3 is 11.9 Å². The standard InChI is InChI=1S/C24H24O8/c25-19-7-1-15(11-21(19)27)3-9-23(29)31-13-17-5-6-18(17)14-32-24(30)10-4-16-2-8-20(26)22(28)12-16/h1-4,7-12,17-18,25-28H,5-6,13-14H2/b9-3+,10-4+/t17-,18+. The molecule has 0 aromatic heterocycles. The Hall–Kier alpha value is -3.94. The highest BCUT2D eigenvalue weighted by Gasteiger charge is 2.32. The second-order valence-electron chi connectivity index (χ2n) is 7.52. The number of benzene rings is 2. The van der Waals surface area contributed by atoms with Crippen LogP contribution in [0.2, 0.25) is 0 Å². The Morgan fingerprint density at radius 2 is 1.12 bits per heavy atom. The van der Waals surface area contributed by atoms with Gasteiger partial charge in [-0.2, -0.15) is 0 Å². The van der Waals surface area contributed by atoms with E-state index in [9.17, 15) is 30.0 Å². The fourth-order valence-corrected chi connectivity index (χ4v) is 3.17. The molecule has 0 unspecified atom stereocenters. The van der Waals surface area contributed by atoms with E-state index in [2.05, 4.69) is 0 Å². The normalized spacial score (nSPS) is 17.9. The molecule has 0 spiro atoms. The minimum absolute atomic E-state index is 0.107. The highest BCUT2D eigenvalue weighted by atomic mass is 16.5. The summed E-state index contributed by atoms with van der Waals surface area (Å²) in [5, 5.41) is 37.5. The fourth-order valence-electron chi connectivity index (χ4n) is 3.17. The van der Waals surface area contributed by atoms with Gasteiger partial charge in [0.05, 0.1) is 13.2 Å². The Bertz CT molecular complexity index is 957. The average molecular weight is 440 g/mol. The van der Waals surface area contributed by atoms with E-state index in [4.69, 9.17) is 9.47 Å². The molecule has 0 saturated heterocycles. The molecule has 0 bridgehead atoms. The Balaban J connectivity index is 1.39. The van der Waals surface area contributed by atoms with Gasteiger partial charge < -0.3 is 29.9 Å². The van der Waals surface area contributed by atoms with Gasteiger partial charge in [-0.05, 0) is 72.2 Å². The van der Waals surface area contributed by atoms with Crippen LogP contribution >= 0.6 is 0 Å². The molecule has 2 atom stereocenters. The number of hydrogen-bond donors (Lipinski definition) is 4. The summed E-state index contributed by atoms with van der Waals surface area (Å²) >= 11 is 0. The van der Waals surface area contributed by atoms with Crippen molar-refractivity contribution in [1.29, 1.82) is 0 Å². The van der Waals surface area contributed by atoms with Crippen LogP contribution in [-0.4, -0.2) is 45.6 Å². The number of carbonyl (C=O) groups excluding carboxylic acids is 2. The molecule has 8 nitrogen and oxygen atoms in total. The number of carbonyl (C=O) groups is 2. The molecule has 3 rings (SSSR count). The molecule has 1 aliphatic rings. The van der Waals surface area contributed by atoms with Crippen molar-refractivity contribution in [3.05, 3.63) is 59.7 Å². The van der Waals surface area contributed by atoms with Crippen LogP contribution in [0.4, 0.5) is 0 Å². The van der Waals surface area contributed by atoms with Crippen molar-refractivity contribution in [3.8, 4) is 23.0 Å². The molecule has 1 fully saturated rings. The second-order valence-corrected chi connectivity index (χ2v) is 7.52. The highest BCUT2D eigenvalue weighted by molar-refractivity contribution is 5.87. The van der Waals surface area contributed by atoms with E-state index in [1.54, 1.807) is 12.1 Å². The van der Waals surface area contributed by atoms with Gasteiger partial charge in [-0.1, -0.05) is 12.1 Å². The van der Waals surface area contributed by atoms with Crippen molar-refractivity contribution in [2.24, 2.45) is 11.8 Å². The zero-order chi connectivity index (χ0) is 23.1. The molecular formula is C24H24O8. The third-order valence-electron chi connectivity index (χ3n) is 5.28. The van der Waals surface area contributed by atoms with Gasteiger partial charge in [0.25, 0.3) is 0 Å². The van der Waals surface area contributed by atoms with Gasteiger partial charge in [0.15, 0.2) is 23.0 Å². The van der Waals surface area contributed by atoms with Crippen LogP contribution in [0.15, 0.2) is 48.6 Å². The second kappa shape index (κ2) is 10.4. The maximum atomic E-state index is 11.9. The molecule has 8 heteroatoms. The number of hydrogen-bond acceptors (Lipinski definition) is 8. The summed E-state index contributed by atoms with van der Waals surface area (Å²) in [6, 6.07) is 8.40. The molecule has 1 aliphatic carbocycles. The quantitative estimate of drug-likeness (QED) is 0.279. The average Bonchev–Trinajstić information content (AvgIpc) is 2.75. The molecule has 0 radical (unpaired) electrons. The van der Waals surface area contributed by atoms with Crippen molar-refractivity contribution >= 4 is 24.1 Å². The van der Waals surface area contributed by atoms with Crippen LogP contribution < -0.4 is 0 Å². The fraction of sp³-hybridized carbons (Fsp3) is 0.250. The first-order valence-electron chi connectivity index (χ1n) is 10.1.